The lowest BCUT2D eigenvalue weighted by Crippen LogP contribution is -2.54. The maximum atomic E-state index is 12.5. The number of nitrogens with zero attached hydrogens (tertiary/aromatic N) is 2. The summed E-state index contributed by atoms with van der Waals surface area (Å²) in [6, 6.07) is 4.91. The molecule has 1 aromatic rings. The molecule has 7 heteroatoms. The molecule has 2 amide bonds. The molecule has 21 heavy (non-hydrogen) atoms. The minimum atomic E-state index is -0.343. The van der Waals surface area contributed by atoms with E-state index in [-0.39, 0.29) is 17.9 Å². The fraction of sp³-hybridized carbons (Fsp3) is 0.429. The molecule has 5 nitrogen and oxygen atoms in total. The third-order valence-corrected chi connectivity index (χ3v) is 4.54. The van der Waals surface area contributed by atoms with E-state index in [0.29, 0.717) is 36.8 Å². The van der Waals surface area contributed by atoms with Gasteiger partial charge in [-0.2, -0.15) is 0 Å². The summed E-state index contributed by atoms with van der Waals surface area (Å²) in [6.45, 7) is 4.15. The van der Waals surface area contributed by atoms with Gasteiger partial charge in [-0.1, -0.05) is 27.5 Å². The highest BCUT2D eigenvalue weighted by Crippen LogP contribution is 2.23. The van der Waals surface area contributed by atoms with E-state index < -0.39 is 0 Å². The standard InChI is InChI=1S/C14H17BrClN3O2/c1-9(13(17)20)18-4-6-19(7-5-18)14(21)11-8-10(15)2-3-12(11)16/h2-3,8-9H,4-7H2,1H3,(H2,17,20). The van der Waals surface area contributed by atoms with Crippen LogP contribution >= 0.6 is 27.5 Å². The minimum Gasteiger partial charge on any atom is -0.368 e. The summed E-state index contributed by atoms with van der Waals surface area (Å²) in [5.41, 5.74) is 5.79. The van der Waals surface area contributed by atoms with Crippen LogP contribution in [0.1, 0.15) is 17.3 Å². The number of piperazine rings is 1. The molecule has 0 saturated carbocycles. The molecule has 1 heterocycles. The summed E-state index contributed by atoms with van der Waals surface area (Å²) in [6.07, 6.45) is 0. The number of benzene rings is 1. The number of carbonyl (C=O) groups is 2. The van der Waals surface area contributed by atoms with Gasteiger partial charge >= 0.3 is 0 Å². The van der Waals surface area contributed by atoms with Crippen LogP contribution in [0.2, 0.25) is 5.02 Å². The molecule has 0 bridgehead atoms. The van der Waals surface area contributed by atoms with Crippen LogP contribution in [-0.2, 0) is 4.79 Å². The Morgan fingerprint density at radius 2 is 1.90 bits per heavy atom. The average Bonchev–Trinajstić information content (AvgIpc) is 2.48. The summed E-state index contributed by atoms with van der Waals surface area (Å²) in [5.74, 6) is -0.433. The molecule has 1 unspecified atom stereocenters. The molecule has 1 aromatic carbocycles. The summed E-state index contributed by atoms with van der Waals surface area (Å²) < 4.78 is 0.816. The van der Waals surface area contributed by atoms with E-state index in [4.69, 9.17) is 17.3 Å². The average molecular weight is 375 g/mol. The maximum absolute atomic E-state index is 12.5. The van der Waals surface area contributed by atoms with Crippen molar-refractivity contribution < 1.29 is 9.59 Å². The number of primary amides is 1. The summed E-state index contributed by atoms with van der Waals surface area (Å²) >= 11 is 9.44. The molecule has 0 aromatic heterocycles. The van der Waals surface area contributed by atoms with Crippen molar-refractivity contribution in [3.8, 4) is 0 Å². The van der Waals surface area contributed by atoms with Gasteiger partial charge in [0.2, 0.25) is 5.91 Å². The molecular weight excluding hydrogens is 358 g/mol. The summed E-state index contributed by atoms with van der Waals surface area (Å²) in [5, 5.41) is 0.441. The maximum Gasteiger partial charge on any atom is 0.255 e. The Kier molecular flexibility index (Phi) is 5.24. The zero-order valence-electron chi connectivity index (χ0n) is 11.7. The van der Waals surface area contributed by atoms with E-state index in [1.54, 1.807) is 30.0 Å². The second kappa shape index (κ2) is 6.77. The Labute approximate surface area is 137 Å². The van der Waals surface area contributed by atoms with Crippen molar-refractivity contribution >= 4 is 39.3 Å². The molecule has 1 atom stereocenters. The van der Waals surface area contributed by atoms with Gasteiger partial charge in [-0.3, -0.25) is 14.5 Å². The van der Waals surface area contributed by atoms with Gasteiger partial charge in [0.1, 0.15) is 0 Å². The molecule has 1 aliphatic heterocycles. The Morgan fingerprint density at radius 3 is 2.48 bits per heavy atom. The lowest BCUT2D eigenvalue weighted by molar-refractivity contribution is -0.123. The first-order valence-corrected chi connectivity index (χ1v) is 7.85. The smallest absolute Gasteiger partial charge is 0.255 e. The Morgan fingerprint density at radius 1 is 1.29 bits per heavy atom. The summed E-state index contributed by atoms with van der Waals surface area (Å²) in [7, 11) is 0. The van der Waals surface area contributed by atoms with Gasteiger partial charge in [0.05, 0.1) is 16.6 Å². The zero-order chi connectivity index (χ0) is 15.6. The van der Waals surface area contributed by atoms with Crippen LogP contribution in [0.3, 0.4) is 0 Å². The van der Waals surface area contributed by atoms with Gasteiger partial charge in [-0.25, -0.2) is 0 Å². The molecule has 0 radical (unpaired) electrons. The van der Waals surface area contributed by atoms with Crippen molar-refractivity contribution in [2.75, 3.05) is 26.2 Å². The van der Waals surface area contributed by atoms with Crippen LogP contribution in [0.15, 0.2) is 22.7 Å². The Balaban J connectivity index is 2.03. The second-order valence-corrected chi connectivity index (χ2v) is 6.35. The second-order valence-electron chi connectivity index (χ2n) is 5.03. The van der Waals surface area contributed by atoms with Gasteiger partial charge in [-0.05, 0) is 25.1 Å². The van der Waals surface area contributed by atoms with Crippen LogP contribution in [0.5, 0.6) is 0 Å². The van der Waals surface area contributed by atoms with E-state index in [1.807, 2.05) is 4.90 Å². The molecular formula is C14H17BrClN3O2. The fourth-order valence-electron chi connectivity index (χ4n) is 2.32. The van der Waals surface area contributed by atoms with E-state index >= 15 is 0 Å². The number of nitrogens with two attached hydrogens (primary N) is 1. The van der Waals surface area contributed by atoms with Crippen LogP contribution < -0.4 is 5.73 Å². The SMILES string of the molecule is CC(C(N)=O)N1CCN(C(=O)c2cc(Br)ccc2Cl)CC1. The van der Waals surface area contributed by atoms with E-state index in [1.165, 1.54) is 0 Å². The van der Waals surface area contributed by atoms with Crippen molar-refractivity contribution in [1.82, 2.24) is 9.80 Å². The lowest BCUT2D eigenvalue weighted by atomic mass is 10.1. The first kappa shape index (κ1) is 16.3. The molecule has 0 spiro atoms. The monoisotopic (exact) mass is 373 g/mol. The largest absolute Gasteiger partial charge is 0.368 e. The Bertz CT molecular complexity index is 559. The van der Waals surface area contributed by atoms with Gasteiger partial charge in [-0.15, -0.1) is 0 Å². The number of hydrogen-bond acceptors (Lipinski definition) is 3. The van der Waals surface area contributed by atoms with E-state index in [9.17, 15) is 9.59 Å². The molecule has 114 valence electrons. The van der Waals surface area contributed by atoms with Crippen LogP contribution in [0, 0.1) is 0 Å². The van der Waals surface area contributed by atoms with E-state index in [2.05, 4.69) is 15.9 Å². The van der Waals surface area contributed by atoms with Crippen LogP contribution in [0.25, 0.3) is 0 Å². The highest BCUT2D eigenvalue weighted by Gasteiger charge is 2.27. The minimum absolute atomic E-state index is 0.0901. The quantitative estimate of drug-likeness (QED) is 0.876. The number of carbonyl (C=O) groups excluding carboxylic acids is 2. The van der Waals surface area contributed by atoms with Gasteiger partial charge in [0.25, 0.3) is 5.91 Å². The van der Waals surface area contributed by atoms with Crippen LogP contribution in [-0.4, -0.2) is 53.8 Å². The predicted octanol–water partition coefficient (Wildman–Crippen LogP) is 1.73. The number of hydrogen-bond donors (Lipinski definition) is 1. The number of amides is 2. The van der Waals surface area contributed by atoms with Gasteiger partial charge < -0.3 is 10.6 Å². The molecule has 1 fully saturated rings. The predicted molar refractivity (Wildman–Crippen MR) is 85.3 cm³/mol. The number of halogens is 2. The van der Waals surface area contributed by atoms with Crippen molar-refractivity contribution in [3.05, 3.63) is 33.3 Å². The van der Waals surface area contributed by atoms with Crippen molar-refractivity contribution in [2.45, 2.75) is 13.0 Å². The zero-order valence-corrected chi connectivity index (χ0v) is 14.0. The third-order valence-electron chi connectivity index (χ3n) is 3.72. The molecule has 0 aliphatic carbocycles. The first-order chi connectivity index (χ1) is 9.90. The normalized spacial score (nSPS) is 17.6. The van der Waals surface area contributed by atoms with Crippen molar-refractivity contribution in [2.24, 2.45) is 5.73 Å². The third kappa shape index (κ3) is 3.75. The molecule has 1 aliphatic rings. The fourth-order valence-corrected chi connectivity index (χ4v) is 2.88. The topological polar surface area (TPSA) is 66.6 Å². The van der Waals surface area contributed by atoms with Gasteiger partial charge in [0.15, 0.2) is 0 Å². The molecule has 1 saturated heterocycles. The summed E-state index contributed by atoms with van der Waals surface area (Å²) in [4.78, 5) is 27.4. The highest BCUT2D eigenvalue weighted by molar-refractivity contribution is 9.10. The first-order valence-electron chi connectivity index (χ1n) is 6.68. The highest BCUT2D eigenvalue weighted by atomic mass is 79.9. The Hall–Kier alpha value is -1.11. The van der Waals surface area contributed by atoms with E-state index in [0.717, 1.165) is 4.47 Å². The lowest BCUT2D eigenvalue weighted by Gasteiger charge is -2.37. The molecule has 2 rings (SSSR count). The van der Waals surface area contributed by atoms with Crippen molar-refractivity contribution in [3.63, 3.8) is 0 Å². The van der Waals surface area contributed by atoms with Gasteiger partial charge in [0, 0.05) is 30.7 Å². The molecule has 2 N–H and O–H groups in total. The van der Waals surface area contributed by atoms with Crippen LogP contribution in [0.4, 0.5) is 0 Å². The number of rotatable bonds is 3. The van der Waals surface area contributed by atoms with Crippen molar-refractivity contribution in [1.29, 1.82) is 0 Å².